The van der Waals surface area contributed by atoms with Gasteiger partial charge in [-0.3, -0.25) is 9.59 Å². The third kappa shape index (κ3) is 4.98. The topological polar surface area (TPSA) is 55.4 Å². The Bertz CT molecular complexity index is 762. The maximum Gasteiger partial charge on any atom is 0.261 e. The van der Waals surface area contributed by atoms with E-state index >= 15 is 0 Å². The molecule has 0 aliphatic carbocycles. The van der Waals surface area contributed by atoms with Crippen molar-refractivity contribution >= 4 is 34.9 Å². The van der Waals surface area contributed by atoms with Crippen LogP contribution in [-0.4, -0.2) is 17.8 Å². The molecule has 2 aromatic carbocycles. The lowest BCUT2D eigenvalue weighted by Crippen LogP contribution is -2.36. The van der Waals surface area contributed by atoms with Crippen LogP contribution in [-0.2, 0) is 11.3 Å². The van der Waals surface area contributed by atoms with Crippen molar-refractivity contribution in [2.75, 3.05) is 0 Å². The van der Waals surface area contributed by atoms with Gasteiger partial charge >= 0.3 is 0 Å². The van der Waals surface area contributed by atoms with Crippen molar-refractivity contribution in [2.45, 2.75) is 26.5 Å². The molecular weight excluding hydrogens is 349 g/mol. The molecule has 0 bridgehead atoms. The van der Waals surface area contributed by atoms with Gasteiger partial charge in [-0.05, 0) is 43.7 Å². The molecule has 24 heavy (non-hydrogen) atoms. The number of carbonyl (C=O) groups is 2. The third-order valence-electron chi connectivity index (χ3n) is 3.39. The molecule has 0 heterocycles. The van der Waals surface area contributed by atoms with Gasteiger partial charge in [0, 0.05) is 22.2 Å². The molecule has 6 heteroatoms. The largest absolute Gasteiger partial charge is 0.481 e. The lowest BCUT2D eigenvalue weighted by Gasteiger charge is -2.15. The van der Waals surface area contributed by atoms with Crippen molar-refractivity contribution in [2.24, 2.45) is 0 Å². The molecule has 0 spiro atoms. The quantitative estimate of drug-likeness (QED) is 0.777. The van der Waals surface area contributed by atoms with Gasteiger partial charge in [0.05, 0.1) is 0 Å². The van der Waals surface area contributed by atoms with E-state index in [0.29, 0.717) is 21.4 Å². The highest BCUT2D eigenvalue weighted by Gasteiger charge is 2.15. The summed E-state index contributed by atoms with van der Waals surface area (Å²) in [6.07, 6.45) is -0.710. The molecule has 1 N–H and O–H groups in total. The predicted molar refractivity (Wildman–Crippen MR) is 94.8 cm³/mol. The molecule has 0 aliphatic rings. The number of rotatable bonds is 6. The number of hydrogen-bond acceptors (Lipinski definition) is 3. The summed E-state index contributed by atoms with van der Waals surface area (Å²) in [6.45, 7) is 3.39. The van der Waals surface area contributed by atoms with Gasteiger partial charge < -0.3 is 10.1 Å². The summed E-state index contributed by atoms with van der Waals surface area (Å²) in [6, 6.07) is 11.8. The van der Waals surface area contributed by atoms with Crippen molar-refractivity contribution in [3.8, 4) is 5.75 Å². The minimum atomic E-state index is -0.710. The van der Waals surface area contributed by atoms with Crippen molar-refractivity contribution in [3.63, 3.8) is 0 Å². The highest BCUT2D eigenvalue weighted by Crippen LogP contribution is 2.21. The Labute approximate surface area is 150 Å². The maximum atomic E-state index is 12.1. The number of ether oxygens (including phenoxy) is 1. The van der Waals surface area contributed by atoms with Crippen molar-refractivity contribution in [1.29, 1.82) is 0 Å². The molecule has 0 aliphatic heterocycles. The molecule has 0 aromatic heterocycles. The van der Waals surface area contributed by atoms with E-state index in [1.165, 1.54) is 6.92 Å². The Kier molecular flexibility index (Phi) is 6.23. The highest BCUT2D eigenvalue weighted by atomic mass is 35.5. The standard InChI is InChI=1S/C18H17Cl2NO3/c1-11(22)13-4-3-5-16(8-13)24-12(2)18(23)21-10-14-6-7-15(19)9-17(14)20/h3-9,12H,10H2,1-2H3,(H,21,23). The van der Waals surface area contributed by atoms with Gasteiger partial charge in [0.25, 0.3) is 5.91 Å². The van der Waals surface area contributed by atoms with Gasteiger partial charge in [0.1, 0.15) is 5.75 Å². The van der Waals surface area contributed by atoms with Crippen LogP contribution in [0.5, 0.6) is 5.75 Å². The van der Waals surface area contributed by atoms with Crippen LogP contribution in [0.4, 0.5) is 0 Å². The summed E-state index contributed by atoms with van der Waals surface area (Å²) in [5, 5.41) is 3.79. The van der Waals surface area contributed by atoms with Crippen LogP contribution in [0.3, 0.4) is 0 Å². The van der Waals surface area contributed by atoms with Gasteiger partial charge in [-0.1, -0.05) is 41.4 Å². The van der Waals surface area contributed by atoms with Gasteiger partial charge in [-0.15, -0.1) is 0 Å². The average Bonchev–Trinajstić information content (AvgIpc) is 2.54. The van der Waals surface area contributed by atoms with E-state index in [0.717, 1.165) is 5.56 Å². The zero-order chi connectivity index (χ0) is 17.7. The van der Waals surface area contributed by atoms with Crippen molar-refractivity contribution in [3.05, 3.63) is 63.6 Å². The van der Waals surface area contributed by atoms with E-state index in [-0.39, 0.29) is 18.2 Å². The van der Waals surface area contributed by atoms with Crippen molar-refractivity contribution < 1.29 is 14.3 Å². The SMILES string of the molecule is CC(=O)c1cccc(OC(C)C(=O)NCc2ccc(Cl)cc2Cl)c1. The van der Waals surface area contributed by atoms with Crippen LogP contribution >= 0.6 is 23.2 Å². The highest BCUT2D eigenvalue weighted by molar-refractivity contribution is 6.35. The zero-order valence-corrected chi connectivity index (χ0v) is 14.8. The van der Waals surface area contributed by atoms with E-state index in [9.17, 15) is 9.59 Å². The number of halogens is 2. The van der Waals surface area contributed by atoms with Gasteiger partial charge in [-0.25, -0.2) is 0 Å². The molecule has 0 fully saturated rings. The van der Waals surface area contributed by atoms with Crippen LogP contribution in [0, 0.1) is 0 Å². The van der Waals surface area contributed by atoms with Crippen LogP contribution < -0.4 is 10.1 Å². The second-order valence-corrected chi connectivity index (χ2v) is 6.14. The van der Waals surface area contributed by atoms with Crippen molar-refractivity contribution in [1.82, 2.24) is 5.32 Å². The molecule has 2 aromatic rings. The Balaban J connectivity index is 1.94. The van der Waals surface area contributed by atoms with Crippen LogP contribution in [0.2, 0.25) is 10.0 Å². The first-order valence-electron chi connectivity index (χ1n) is 7.36. The van der Waals surface area contributed by atoms with Crippen LogP contribution in [0.15, 0.2) is 42.5 Å². The monoisotopic (exact) mass is 365 g/mol. The lowest BCUT2D eigenvalue weighted by atomic mass is 10.1. The fourth-order valence-corrected chi connectivity index (χ4v) is 2.51. The average molecular weight is 366 g/mol. The molecule has 126 valence electrons. The number of hydrogen-bond donors (Lipinski definition) is 1. The van der Waals surface area contributed by atoms with E-state index in [4.69, 9.17) is 27.9 Å². The fourth-order valence-electron chi connectivity index (χ4n) is 2.04. The van der Waals surface area contributed by atoms with E-state index in [1.807, 2.05) is 0 Å². The zero-order valence-electron chi connectivity index (χ0n) is 13.3. The van der Waals surface area contributed by atoms with E-state index < -0.39 is 6.10 Å². The number of amides is 1. The van der Waals surface area contributed by atoms with Crippen LogP contribution in [0.1, 0.15) is 29.8 Å². The molecule has 1 amide bonds. The summed E-state index contributed by atoms with van der Waals surface area (Å²) < 4.78 is 5.59. The Morgan fingerprint density at radius 1 is 1.17 bits per heavy atom. The first-order chi connectivity index (χ1) is 11.4. The second-order valence-electron chi connectivity index (χ2n) is 5.30. The smallest absolute Gasteiger partial charge is 0.261 e. The Morgan fingerprint density at radius 2 is 1.92 bits per heavy atom. The molecular formula is C18H17Cl2NO3. The number of ketones is 1. The van der Waals surface area contributed by atoms with Gasteiger partial charge in [0.15, 0.2) is 11.9 Å². The minimum Gasteiger partial charge on any atom is -0.481 e. The summed E-state index contributed by atoms with van der Waals surface area (Å²) in [4.78, 5) is 23.5. The van der Waals surface area contributed by atoms with Gasteiger partial charge in [-0.2, -0.15) is 0 Å². The first kappa shape index (κ1) is 18.3. The Morgan fingerprint density at radius 3 is 2.58 bits per heavy atom. The number of nitrogens with one attached hydrogen (secondary N) is 1. The summed E-state index contributed by atoms with van der Waals surface area (Å²) in [7, 11) is 0. The van der Waals surface area contributed by atoms with E-state index in [1.54, 1.807) is 49.4 Å². The fraction of sp³-hybridized carbons (Fsp3) is 0.222. The summed E-state index contributed by atoms with van der Waals surface area (Å²) >= 11 is 11.9. The summed E-state index contributed by atoms with van der Waals surface area (Å²) in [5.74, 6) is 0.124. The molecule has 0 radical (unpaired) electrons. The predicted octanol–water partition coefficient (Wildman–Crippen LogP) is 4.28. The maximum absolute atomic E-state index is 12.1. The molecule has 1 atom stereocenters. The first-order valence-corrected chi connectivity index (χ1v) is 8.11. The molecule has 4 nitrogen and oxygen atoms in total. The third-order valence-corrected chi connectivity index (χ3v) is 3.98. The van der Waals surface area contributed by atoms with E-state index in [2.05, 4.69) is 5.32 Å². The molecule has 0 saturated heterocycles. The lowest BCUT2D eigenvalue weighted by molar-refractivity contribution is -0.127. The van der Waals surface area contributed by atoms with Crippen LogP contribution in [0.25, 0.3) is 0 Å². The second kappa shape index (κ2) is 8.18. The molecule has 0 saturated carbocycles. The number of carbonyl (C=O) groups excluding carboxylic acids is 2. The molecule has 2 rings (SSSR count). The summed E-state index contributed by atoms with van der Waals surface area (Å²) in [5.41, 5.74) is 1.30. The normalized spacial score (nSPS) is 11.7. The number of benzene rings is 2. The Hall–Kier alpha value is -2.04. The molecule has 1 unspecified atom stereocenters. The minimum absolute atomic E-state index is 0.0602. The number of Topliss-reactive ketones (excluding diaryl/α,β-unsaturated/α-hetero) is 1. The van der Waals surface area contributed by atoms with Gasteiger partial charge in [0.2, 0.25) is 0 Å².